The van der Waals surface area contributed by atoms with Crippen molar-refractivity contribution in [2.75, 3.05) is 17.2 Å². The highest BCUT2D eigenvalue weighted by Crippen LogP contribution is 2.17. The summed E-state index contributed by atoms with van der Waals surface area (Å²) in [6, 6.07) is 11.5. The highest BCUT2D eigenvalue weighted by atomic mass is 35.5. The number of anilines is 2. The molecule has 2 rings (SSSR count). The Balaban J connectivity index is 1.92. The molecule has 0 fully saturated rings. The highest BCUT2D eigenvalue weighted by molar-refractivity contribution is 6.30. The number of rotatable bonds is 4. The van der Waals surface area contributed by atoms with Crippen molar-refractivity contribution >= 4 is 28.9 Å². The largest absolute Gasteiger partial charge is 0.376 e. The first-order valence-corrected chi connectivity index (χ1v) is 6.48. The second kappa shape index (κ2) is 6.39. The van der Waals surface area contributed by atoms with Gasteiger partial charge in [0, 0.05) is 22.0 Å². The molecule has 0 aromatic heterocycles. The molecule has 0 saturated carbocycles. The summed E-state index contributed by atoms with van der Waals surface area (Å²) in [5.41, 5.74) is 1.76. The minimum atomic E-state index is -0.298. The van der Waals surface area contributed by atoms with Gasteiger partial charge in [0.15, 0.2) is 0 Å². The number of carbonyl (C=O) groups is 1. The summed E-state index contributed by atoms with van der Waals surface area (Å²) < 4.78 is 13.3. The number of nitrogens with one attached hydrogen (secondary N) is 2. The summed E-state index contributed by atoms with van der Waals surface area (Å²) in [6.07, 6.45) is 0. The molecule has 0 aliphatic heterocycles. The molecule has 0 heterocycles. The predicted octanol–water partition coefficient (Wildman–Crippen LogP) is 3.84. The molecule has 2 aromatic rings. The molecule has 0 aliphatic carbocycles. The van der Waals surface area contributed by atoms with Crippen molar-refractivity contribution in [3.63, 3.8) is 0 Å². The van der Waals surface area contributed by atoms with E-state index in [-0.39, 0.29) is 18.3 Å². The second-order valence-electron chi connectivity index (χ2n) is 4.32. The van der Waals surface area contributed by atoms with Crippen molar-refractivity contribution in [2.45, 2.75) is 6.92 Å². The maximum absolute atomic E-state index is 13.3. The van der Waals surface area contributed by atoms with Gasteiger partial charge in [0.25, 0.3) is 0 Å². The minimum Gasteiger partial charge on any atom is -0.376 e. The van der Waals surface area contributed by atoms with Crippen molar-refractivity contribution in [3.05, 3.63) is 58.9 Å². The Morgan fingerprint density at radius 2 is 1.90 bits per heavy atom. The van der Waals surface area contributed by atoms with Crippen LogP contribution in [-0.4, -0.2) is 12.5 Å². The van der Waals surface area contributed by atoms with E-state index in [2.05, 4.69) is 10.6 Å². The molecule has 0 saturated heterocycles. The zero-order valence-electron chi connectivity index (χ0n) is 10.9. The number of benzene rings is 2. The number of amides is 1. The van der Waals surface area contributed by atoms with Crippen LogP contribution in [0.3, 0.4) is 0 Å². The maximum atomic E-state index is 13.3. The number of hydrogen-bond acceptors (Lipinski definition) is 2. The van der Waals surface area contributed by atoms with E-state index >= 15 is 0 Å². The molecule has 0 spiro atoms. The molecule has 20 heavy (non-hydrogen) atoms. The molecular formula is C15H14ClFN2O. The van der Waals surface area contributed by atoms with Crippen LogP contribution < -0.4 is 10.6 Å². The fourth-order valence-electron chi connectivity index (χ4n) is 1.71. The molecule has 2 aromatic carbocycles. The Bertz CT molecular complexity index is 614. The number of carbonyl (C=O) groups excluding carboxylic acids is 1. The zero-order valence-corrected chi connectivity index (χ0v) is 11.7. The fraction of sp³-hybridized carbons (Fsp3) is 0.133. The molecular weight excluding hydrogens is 279 g/mol. The van der Waals surface area contributed by atoms with Gasteiger partial charge in [0.05, 0.1) is 6.54 Å². The van der Waals surface area contributed by atoms with Gasteiger partial charge in [-0.2, -0.15) is 0 Å². The van der Waals surface area contributed by atoms with Crippen molar-refractivity contribution in [2.24, 2.45) is 0 Å². The van der Waals surface area contributed by atoms with Gasteiger partial charge in [-0.25, -0.2) is 4.39 Å². The van der Waals surface area contributed by atoms with Gasteiger partial charge in [-0.1, -0.05) is 17.7 Å². The van der Waals surface area contributed by atoms with Gasteiger partial charge in [-0.05, 0) is 43.3 Å². The molecule has 0 atom stereocenters. The third kappa shape index (κ3) is 3.71. The summed E-state index contributed by atoms with van der Waals surface area (Å²) in [5, 5.41) is 6.23. The Morgan fingerprint density at radius 1 is 1.20 bits per heavy atom. The van der Waals surface area contributed by atoms with Crippen molar-refractivity contribution < 1.29 is 9.18 Å². The monoisotopic (exact) mass is 292 g/mol. The molecule has 5 heteroatoms. The Hall–Kier alpha value is -2.07. The van der Waals surface area contributed by atoms with Crippen LogP contribution in [0, 0.1) is 12.7 Å². The summed E-state index contributed by atoms with van der Waals surface area (Å²) in [5.74, 6) is -0.510. The van der Waals surface area contributed by atoms with Crippen LogP contribution in [0.25, 0.3) is 0 Å². The lowest BCUT2D eigenvalue weighted by molar-refractivity contribution is -0.114. The molecule has 0 aliphatic rings. The standard InChI is InChI=1S/C15H14ClFN2O/c1-10-13(17)3-2-4-14(10)18-9-15(20)19-12-7-5-11(16)6-8-12/h2-8,18H,9H2,1H3,(H,19,20). The highest BCUT2D eigenvalue weighted by Gasteiger charge is 2.06. The molecule has 104 valence electrons. The van der Waals surface area contributed by atoms with Gasteiger partial charge in [-0.3, -0.25) is 4.79 Å². The second-order valence-corrected chi connectivity index (χ2v) is 4.76. The van der Waals surface area contributed by atoms with Gasteiger partial charge < -0.3 is 10.6 Å². The van der Waals surface area contributed by atoms with E-state index in [1.807, 2.05) is 0 Å². The van der Waals surface area contributed by atoms with E-state index in [1.54, 1.807) is 43.3 Å². The van der Waals surface area contributed by atoms with E-state index in [4.69, 9.17) is 11.6 Å². The molecule has 0 radical (unpaired) electrons. The van der Waals surface area contributed by atoms with Gasteiger partial charge in [-0.15, -0.1) is 0 Å². The average Bonchev–Trinajstić information content (AvgIpc) is 2.43. The van der Waals surface area contributed by atoms with E-state index in [1.165, 1.54) is 6.07 Å². The predicted molar refractivity (Wildman–Crippen MR) is 79.7 cm³/mol. The van der Waals surface area contributed by atoms with E-state index < -0.39 is 0 Å². The third-order valence-corrected chi connectivity index (χ3v) is 3.09. The lowest BCUT2D eigenvalue weighted by Crippen LogP contribution is -2.22. The van der Waals surface area contributed by atoms with Gasteiger partial charge in [0.1, 0.15) is 5.82 Å². The Labute approximate surface area is 121 Å². The van der Waals surface area contributed by atoms with Crippen molar-refractivity contribution in [1.29, 1.82) is 0 Å². The smallest absolute Gasteiger partial charge is 0.243 e. The quantitative estimate of drug-likeness (QED) is 0.899. The lowest BCUT2D eigenvalue weighted by Gasteiger charge is -2.10. The molecule has 1 amide bonds. The number of halogens is 2. The first kappa shape index (κ1) is 14.3. The van der Waals surface area contributed by atoms with Crippen molar-refractivity contribution in [1.82, 2.24) is 0 Å². The average molecular weight is 293 g/mol. The van der Waals surface area contributed by atoms with Crippen LogP contribution in [0.2, 0.25) is 5.02 Å². The maximum Gasteiger partial charge on any atom is 0.243 e. The Morgan fingerprint density at radius 3 is 2.60 bits per heavy atom. The van der Waals surface area contributed by atoms with E-state index in [0.717, 1.165) is 0 Å². The molecule has 3 nitrogen and oxygen atoms in total. The van der Waals surface area contributed by atoms with E-state index in [0.29, 0.717) is 22.0 Å². The normalized spacial score (nSPS) is 10.2. The van der Waals surface area contributed by atoms with Crippen LogP contribution in [0.5, 0.6) is 0 Å². The van der Waals surface area contributed by atoms with Crippen LogP contribution >= 0.6 is 11.6 Å². The summed E-state index contributed by atoms with van der Waals surface area (Å²) in [6.45, 7) is 1.72. The topological polar surface area (TPSA) is 41.1 Å². The molecule has 2 N–H and O–H groups in total. The van der Waals surface area contributed by atoms with Crippen LogP contribution in [0.1, 0.15) is 5.56 Å². The van der Waals surface area contributed by atoms with Gasteiger partial charge in [0.2, 0.25) is 5.91 Å². The first-order chi connectivity index (χ1) is 9.56. The first-order valence-electron chi connectivity index (χ1n) is 6.10. The Kier molecular flexibility index (Phi) is 4.58. The van der Waals surface area contributed by atoms with Crippen LogP contribution in [-0.2, 0) is 4.79 Å². The van der Waals surface area contributed by atoms with Crippen LogP contribution in [0.4, 0.5) is 15.8 Å². The third-order valence-electron chi connectivity index (χ3n) is 2.84. The summed E-state index contributed by atoms with van der Waals surface area (Å²) in [7, 11) is 0. The minimum absolute atomic E-state index is 0.0624. The summed E-state index contributed by atoms with van der Waals surface area (Å²) in [4.78, 5) is 11.8. The molecule has 0 unspecified atom stereocenters. The van der Waals surface area contributed by atoms with Gasteiger partial charge >= 0.3 is 0 Å². The summed E-state index contributed by atoms with van der Waals surface area (Å²) >= 11 is 5.76. The van der Waals surface area contributed by atoms with Crippen molar-refractivity contribution in [3.8, 4) is 0 Å². The van der Waals surface area contributed by atoms with E-state index in [9.17, 15) is 9.18 Å². The fourth-order valence-corrected chi connectivity index (χ4v) is 1.84. The van der Waals surface area contributed by atoms with Crippen LogP contribution in [0.15, 0.2) is 42.5 Å². The molecule has 0 bridgehead atoms. The number of hydrogen-bond donors (Lipinski definition) is 2. The lowest BCUT2D eigenvalue weighted by atomic mass is 10.2. The zero-order chi connectivity index (χ0) is 14.5. The SMILES string of the molecule is Cc1c(F)cccc1NCC(=O)Nc1ccc(Cl)cc1.